The number of hydrogen-bond acceptors (Lipinski definition) is 3. The normalized spacial score (nSPS) is 20.9. The predicted molar refractivity (Wildman–Crippen MR) is 95.4 cm³/mol. The molecule has 0 spiro atoms. The first-order valence-electron chi connectivity index (χ1n) is 9.16. The molecule has 1 aliphatic carbocycles. The Morgan fingerprint density at radius 3 is 2.52 bits per heavy atom. The van der Waals surface area contributed by atoms with E-state index in [1.54, 1.807) is 32.4 Å². The molecule has 6 heteroatoms. The molecule has 3 rings (SSSR count). The van der Waals surface area contributed by atoms with Crippen LogP contribution in [-0.4, -0.2) is 53.4 Å². The second-order valence-electron chi connectivity index (χ2n) is 7.49. The van der Waals surface area contributed by atoms with Crippen LogP contribution in [0.3, 0.4) is 0 Å². The molecule has 6 nitrogen and oxygen atoms in total. The van der Waals surface area contributed by atoms with Crippen molar-refractivity contribution in [3.05, 3.63) is 34.2 Å². The van der Waals surface area contributed by atoms with Gasteiger partial charge in [-0.05, 0) is 36.8 Å². The molecule has 136 valence electrons. The summed E-state index contributed by atoms with van der Waals surface area (Å²) in [6.07, 6.45) is 7.61. The Labute approximate surface area is 148 Å². The number of likely N-dealkylation sites (N-methyl/N-ethyl adjacent to an activating group) is 1. The Hall–Kier alpha value is -2.11. The van der Waals surface area contributed by atoms with Crippen molar-refractivity contribution in [3.8, 4) is 0 Å². The van der Waals surface area contributed by atoms with Gasteiger partial charge in [0.1, 0.15) is 12.1 Å². The largest absolute Gasteiger partial charge is 0.347 e. The first-order chi connectivity index (χ1) is 12.0. The van der Waals surface area contributed by atoms with Gasteiger partial charge in [-0.25, -0.2) is 0 Å². The Morgan fingerprint density at radius 2 is 1.88 bits per heavy atom. The third-order valence-corrected chi connectivity index (χ3v) is 5.62. The maximum absolute atomic E-state index is 12.9. The molecule has 25 heavy (non-hydrogen) atoms. The molecule has 1 aliphatic heterocycles. The number of aromatic nitrogens is 1. The van der Waals surface area contributed by atoms with Crippen LogP contribution >= 0.6 is 0 Å². The van der Waals surface area contributed by atoms with Crippen LogP contribution in [0, 0.1) is 11.8 Å². The molecule has 1 unspecified atom stereocenters. The smallest absolute Gasteiger partial charge is 0.263 e. The zero-order valence-electron chi connectivity index (χ0n) is 15.1. The molecule has 1 atom stereocenters. The standard InChI is InChI=1S/C19H27N3O3/c1-20(2)17(23)13-22-11-5-9-16(19(22)25)18(24)21-10-4-8-15(12-21)14-6-3-7-14/h5,9,11,14-15H,3-4,6-8,10,12-13H2,1-2H3. The molecule has 2 heterocycles. The fraction of sp³-hybridized carbons (Fsp3) is 0.632. The lowest BCUT2D eigenvalue weighted by Gasteiger charge is -2.40. The van der Waals surface area contributed by atoms with Crippen molar-refractivity contribution in [3.63, 3.8) is 0 Å². The predicted octanol–water partition coefficient (Wildman–Crippen LogP) is 1.59. The van der Waals surface area contributed by atoms with Crippen molar-refractivity contribution >= 4 is 11.8 Å². The highest BCUT2D eigenvalue weighted by Gasteiger charge is 2.33. The summed E-state index contributed by atoms with van der Waals surface area (Å²) in [6.45, 7) is 1.43. The molecule has 0 N–H and O–H groups in total. The number of pyridine rings is 1. The number of rotatable bonds is 4. The average molecular weight is 345 g/mol. The van der Waals surface area contributed by atoms with Crippen LogP contribution in [0.25, 0.3) is 0 Å². The number of hydrogen-bond donors (Lipinski definition) is 0. The molecule has 2 amide bonds. The third kappa shape index (κ3) is 3.78. The van der Waals surface area contributed by atoms with E-state index in [-0.39, 0.29) is 29.5 Å². The van der Waals surface area contributed by atoms with Crippen LogP contribution in [0.15, 0.2) is 23.1 Å². The molecule has 0 radical (unpaired) electrons. The number of piperidine rings is 1. The summed E-state index contributed by atoms with van der Waals surface area (Å²) in [5.41, 5.74) is -0.211. The maximum Gasteiger partial charge on any atom is 0.263 e. The molecule has 0 aromatic carbocycles. The zero-order chi connectivity index (χ0) is 18.0. The zero-order valence-corrected chi connectivity index (χ0v) is 15.1. The van der Waals surface area contributed by atoms with Gasteiger partial charge in [-0.2, -0.15) is 0 Å². The summed E-state index contributed by atoms with van der Waals surface area (Å²) in [4.78, 5) is 40.7. The highest BCUT2D eigenvalue weighted by molar-refractivity contribution is 5.94. The van der Waals surface area contributed by atoms with Gasteiger partial charge in [0.2, 0.25) is 5.91 Å². The van der Waals surface area contributed by atoms with E-state index < -0.39 is 0 Å². The van der Waals surface area contributed by atoms with Gasteiger partial charge in [0.15, 0.2) is 0 Å². The molecule has 1 aromatic rings. The quantitative estimate of drug-likeness (QED) is 0.832. The van der Waals surface area contributed by atoms with E-state index in [2.05, 4.69) is 0 Å². The second kappa shape index (κ2) is 7.42. The topological polar surface area (TPSA) is 62.6 Å². The van der Waals surface area contributed by atoms with Gasteiger partial charge < -0.3 is 14.4 Å². The first kappa shape index (κ1) is 17.7. The number of nitrogens with zero attached hydrogens (tertiary/aromatic N) is 3. The van der Waals surface area contributed by atoms with Crippen molar-refractivity contribution in [1.29, 1.82) is 0 Å². The van der Waals surface area contributed by atoms with Crippen molar-refractivity contribution in [2.24, 2.45) is 11.8 Å². The second-order valence-corrected chi connectivity index (χ2v) is 7.49. The minimum Gasteiger partial charge on any atom is -0.347 e. The van der Waals surface area contributed by atoms with Crippen LogP contribution < -0.4 is 5.56 Å². The van der Waals surface area contributed by atoms with E-state index in [0.717, 1.165) is 18.9 Å². The van der Waals surface area contributed by atoms with Gasteiger partial charge in [0.25, 0.3) is 11.5 Å². The molecule has 0 bridgehead atoms. The van der Waals surface area contributed by atoms with Crippen molar-refractivity contribution < 1.29 is 9.59 Å². The summed E-state index contributed by atoms with van der Waals surface area (Å²) >= 11 is 0. The van der Waals surface area contributed by atoms with Gasteiger partial charge in [-0.1, -0.05) is 19.3 Å². The van der Waals surface area contributed by atoms with Gasteiger partial charge in [-0.3, -0.25) is 14.4 Å². The highest BCUT2D eigenvalue weighted by Crippen LogP contribution is 2.37. The number of carbonyl (C=O) groups is 2. The molecule has 1 aromatic heterocycles. The van der Waals surface area contributed by atoms with Crippen molar-refractivity contribution in [2.75, 3.05) is 27.2 Å². The van der Waals surface area contributed by atoms with E-state index in [1.165, 1.54) is 35.2 Å². The van der Waals surface area contributed by atoms with Crippen LogP contribution in [0.5, 0.6) is 0 Å². The average Bonchev–Trinajstić information content (AvgIpc) is 2.54. The van der Waals surface area contributed by atoms with Crippen LogP contribution in [0.2, 0.25) is 0 Å². The lowest BCUT2D eigenvalue weighted by Crippen LogP contribution is -2.45. The van der Waals surface area contributed by atoms with E-state index >= 15 is 0 Å². The fourth-order valence-corrected chi connectivity index (χ4v) is 3.77. The number of likely N-dealkylation sites (tertiary alicyclic amines) is 1. The van der Waals surface area contributed by atoms with Crippen LogP contribution in [0.1, 0.15) is 42.5 Å². The molecule has 1 saturated carbocycles. The van der Waals surface area contributed by atoms with E-state index in [0.29, 0.717) is 12.5 Å². The lowest BCUT2D eigenvalue weighted by atomic mass is 9.73. The van der Waals surface area contributed by atoms with Crippen LogP contribution in [-0.2, 0) is 11.3 Å². The monoisotopic (exact) mass is 345 g/mol. The summed E-state index contributed by atoms with van der Waals surface area (Å²) in [5.74, 6) is 0.962. The van der Waals surface area contributed by atoms with Gasteiger partial charge >= 0.3 is 0 Å². The molecular formula is C19H27N3O3. The van der Waals surface area contributed by atoms with Gasteiger partial charge in [0, 0.05) is 33.4 Å². The van der Waals surface area contributed by atoms with E-state index in [9.17, 15) is 14.4 Å². The summed E-state index contributed by atoms with van der Waals surface area (Å²) in [7, 11) is 3.30. The minimum absolute atomic E-state index is 0.0440. The fourth-order valence-electron chi connectivity index (χ4n) is 3.77. The molecule has 2 fully saturated rings. The molecule has 1 saturated heterocycles. The third-order valence-electron chi connectivity index (χ3n) is 5.62. The van der Waals surface area contributed by atoms with Gasteiger partial charge in [0.05, 0.1) is 0 Å². The molecule has 2 aliphatic rings. The SMILES string of the molecule is CN(C)C(=O)Cn1cccc(C(=O)N2CCCC(C3CCC3)C2)c1=O. The Balaban J connectivity index is 1.75. The van der Waals surface area contributed by atoms with Crippen LogP contribution in [0.4, 0.5) is 0 Å². The Bertz CT molecular complexity index is 706. The van der Waals surface area contributed by atoms with Crippen molar-refractivity contribution in [2.45, 2.75) is 38.6 Å². The van der Waals surface area contributed by atoms with E-state index in [1.807, 2.05) is 4.90 Å². The minimum atomic E-state index is -0.381. The summed E-state index contributed by atoms with van der Waals surface area (Å²) in [6, 6.07) is 3.25. The first-order valence-corrected chi connectivity index (χ1v) is 9.16. The Kier molecular flexibility index (Phi) is 5.25. The van der Waals surface area contributed by atoms with E-state index in [4.69, 9.17) is 0 Å². The number of carbonyl (C=O) groups excluding carboxylic acids is 2. The lowest BCUT2D eigenvalue weighted by molar-refractivity contribution is -0.129. The Morgan fingerprint density at radius 1 is 1.16 bits per heavy atom. The van der Waals surface area contributed by atoms with Crippen molar-refractivity contribution in [1.82, 2.24) is 14.4 Å². The summed E-state index contributed by atoms with van der Waals surface area (Å²) < 4.78 is 1.32. The number of amides is 2. The maximum atomic E-state index is 12.9. The summed E-state index contributed by atoms with van der Waals surface area (Å²) in [5, 5.41) is 0. The highest BCUT2D eigenvalue weighted by atomic mass is 16.2. The van der Waals surface area contributed by atoms with Gasteiger partial charge in [-0.15, -0.1) is 0 Å². The molecular weight excluding hydrogens is 318 g/mol.